The molecule has 0 amide bonds. The molecule has 0 saturated carbocycles. The maximum atomic E-state index is 2.51. The van der Waals surface area contributed by atoms with Crippen LogP contribution >= 0.6 is 0 Å². The summed E-state index contributed by atoms with van der Waals surface area (Å²) in [6.07, 6.45) is 5.93. The lowest BCUT2D eigenvalue weighted by atomic mass is 9.85. The zero-order chi connectivity index (χ0) is 42.6. The van der Waals surface area contributed by atoms with Gasteiger partial charge in [-0.25, -0.2) is 0 Å². The first-order valence-corrected chi connectivity index (χ1v) is 22.5. The molecule has 64 heavy (non-hydrogen) atoms. The Morgan fingerprint density at radius 1 is 0.359 bits per heavy atom. The monoisotopic (exact) mass is 815 g/mol. The van der Waals surface area contributed by atoms with Crippen molar-refractivity contribution in [1.82, 2.24) is 0 Å². The van der Waals surface area contributed by atoms with Crippen LogP contribution in [0.1, 0.15) is 18.9 Å². The molecule has 0 spiro atoms. The van der Waals surface area contributed by atoms with Crippen molar-refractivity contribution in [3.05, 3.63) is 248 Å². The smallest absolute Gasteiger partial charge is 0.0497 e. The van der Waals surface area contributed by atoms with Gasteiger partial charge in [-0.1, -0.05) is 219 Å². The lowest BCUT2D eigenvalue weighted by Crippen LogP contribution is -2.20. The van der Waals surface area contributed by atoms with E-state index in [0.29, 0.717) is 5.92 Å². The number of rotatable bonds is 7. The Bertz CT molecular complexity index is 3640. The minimum absolute atomic E-state index is 0.376. The summed E-state index contributed by atoms with van der Waals surface area (Å²) in [6, 6.07) is 82.8. The van der Waals surface area contributed by atoms with Crippen molar-refractivity contribution in [2.75, 3.05) is 4.90 Å². The van der Waals surface area contributed by atoms with Crippen LogP contribution in [-0.4, -0.2) is 0 Å². The highest BCUT2D eigenvalue weighted by atomic mass is 15.2. The molecule has 1 aliphatic rings. The number of allylic oxidation sites excluding steroid dienone is 3. The van der Waals surface area contributed by atoms with Crippen LogP contribution in [0, 0.1) is 5.92 Å². The van der Waals surface area contributed by atoms with Gasteiger partial charge in [-0.2, -0.15) is 0 Å². The molecule has 0 aromatic heterocycles. The van der Waals surface area contributed by atoms with Crippen molar-refractivity contribution in [2.24, 2.45) is 5.92 Å². The van der Waals surface area contributed by atoms with Gasteiger partial charge in [0.1, 0.15) is 0 Å². The molecule has 0 saturated heterocycles. The number of nitrogens with zero attached hydrogens (tertiary/aromatic N) is 1. The normalized spacial score (nSPS) is 14.0. The van der Waals surface area contributed by atoms with Crippen molar-refractivity contribution in [3.63, 3.8) is 0 Å². The van der Waals surface area contributed by atoms with Gasteiger partial charge >= 0.3 is 0 Å². The number of anilines is 2. The Labute approximate surface area is 374 Å². The molecule has 1 unspecified atom stereocenters. The molecule has 0 fully saturated rings. The maximum absolute atomic E-state index is 2.51. The summed E-state index contributed by atoms with van der Waals surface area (Å²) in [5, 5.41) is 12.7. The quantitative estimate of drug-likeness (QED) is 0.145. The van der Waals surface area contributed by atoms with Crippen LogP contribution in [0.15, 0.2) is 242 Å². The molecule has 1 atom stereocenters. The molecule has 1 heteroatoms. The third kappa shape index (κ3) is 6.48. The van der Waals surface area contributed by atoms with Gasteiger partial charge in [0.05, 0.1) is 0 Å². The summed E-state index contributed by atoms with van der Waals surface area (Å²) in [4.78, 5) is 2.51. The molecule has 11 aromatic carbocycles. The Kier molecular flexibility index (Phi) is 9.27. The van der Waals surface area contributed by atoms with Crippen LogP contribution < -0.4 is 4.90 Å². The molecule has 302 valence electrons. The van der Waals surface area contributed by atoms with Gasteiger partial charge in [-0.15, -0.1) is 0 Å². The average Bonchev–Trinajstić information content (AvgIpc) is 3.36. The number of hydrogen-bond acceptors (Lipinski definition) is 1. The summed E-state index contributed by atoms with van der Waals surface area (Å²) in [5.74, 6) is 0.376. The predicted molar refractivity (Wildman–Crippen MR) is 275 cm³/mol. The van der Waals surface area contributed by atoms with Crippen molar-refractivity contribution in [1.29, 1.82) is 0 Å². The van der Waals surface area contributed by atoms with Crippen LogP contribution in [0.3, 0.4) is 0 Å². The lowest BCUT2D eigenvalue weighted by Gasteiger charge is -2.33. The first-order chi connectivity index (χ1) is 31.7. The van der Waals surface area contributed by atoms with E-state index in [9.17, 15) is 0 Å². The maximum Gasteiger partial charge on any atom is 0.0497 e. The second-order valence-corrected chi connectivity index (χ2v) is 17.3. The first-order valence-electron chi connectivity index (χ1n) is 22.5. The van der Waals surface area contributed by atoms with Crippen LogP contribution in [0.2, 0.25) is 0 Å². The molecule has 0 aliphatic heterocycles. The number of fused-ring (bicyclic) bond motifs is 7. The van der Waals surface area contributed by atoms with Gasteiger partial charge < -0.3 is 4.90 Å². The second kappa shape index (κ2) is 15.7. The molecule has 0 heterocycles. The highest BCUT2D eigenvalue weighted by Crippen LogP contribution is 2.46. The standard InChI is InChI=1S/C63H45N/c1-42-30-39-62(61(40-42)60-29-11-19-47-18-10-26-55(63(47)60)43-14-3-2-4-15-43)64(49-35-31-46(32-36-49)53-24-12-27-56-51-22-7-5-16-44(51)33-37-58(53)56)50-21-9-20-48(41-50)54-25-13-28-57-52-23-8-6-17-45(52)34-38-59(54)57/h2-29,31-42H,30H2,1H3. The van der Waals surface area contributed by atoms with Crippen LogP contribution in [0.5, 0.6) is 0 Å². The van der Waals surface area contributed by atoms with E-state index in [2.05, 4.69) is 248 Å². The topological polar surface area (TPSA) is 3.24 Å². The molecule has 11 aromatic rings. The third-order valence-electron chi connectivity index (χ3n) is 13.4. The zero-order valence-corrected chi connectivity index (χ0v) is 35.7. The number of hydrogen-bond donors (Lipinski definition) is 0. The van der Waals surface area contributed by atoms with Crippen molar-refractivity contribution < 1.29 is 0 Å². The first kappa shape index (κ1) is 37.7. The molecular weight excluding hydrogens is 771 g/mol. The highest BCUT2D eigenvalue weighted by molar-refractivity contribution is 6.14. The second-order valence-electron chi connectivity index (χ2n) is 17.3. The van der Waals surface area contributed by atoms with E-state index in [1.165, 1.54) is 104 Å². The van der Waals surface area contributed by atoms with Crippen molar-refractivity contribution >= 4 is 70.8 Å². The predicted octanol–water partition coefficient (Wildman–Crippen LogP) is 17.6. The van der Waals surface area contributed by atoms with Crippen molar-refractivity contribution in [3.8, 4) is 33.4 Å². The fraction of sp³-hybridized carbons (Fsp3) is 0.0476. The third-order valence-corrected chi connectivity index (χ3v) is 13.4. The van der Waals surface area contributed by atoms with Gasteiger partial charge in [0.25, 0.3) is 0 Å². The summed E-state index contributed by atoms with van der Waals surface area (Å²) in [7, 11) is 0. The SMILES string of the molecule is CC1C=C(c2cccc3cccc(-c4ccccc4)c23)C(N(c2ccc(-c3cccc4c3ccc3ccccc34)cc2)c2cccc(-c3cccc4c3ccc3ccccc34)c2)=CC1. The molecular formula is C63H45N. The lowest BCUT2D eigenvalue weighted by molar-refractivity contribution is 0.732. The van der Waals surface area contributed by atoms with E-state index in [1.54, 1.807) is 0 Å². The van der Waals surface area contributed by atoms with Gasteiger partial charge in [-0.3, -0.25) is 0 Å². The van der Waals surface area contributed by atoms with E-state index in [1.807, 2.05) is 0 Å². The Hall–Kier alpha value is -8.00. The summed E-state index contributed by atoms with van der Waals surface area (Å²) < 4.78 is 0. The summed E-state index contributed by atoms with van der Waals surface area (Å²) >= 11 is 0. The van der Waals surface area contributed by atoms with Crippen LogP contribution in [-0.2, 0) is 0 Å². The highest BCUT2D eigenvalue weighted by Gasteiger charge is 2.26. The van der Waals surface area contributed by atoms with E-state index in [-0.39, 0.29) is 0 Å². The average molecular weight is 816 g/mol. The fourth-order valence-corrected chi connectivity index (χ4v) is 10.3. The van der Waals surface area contributed by atoms with Gasteiger partial charge in [-0.05, 0) is 129 Å². The molecule has 1 nitrogen and oxygen atoms in total. The minimum Gasteiger partial charge on any atom is -0.310 e. The van der Waals surface area contributed by atoms with Crippen LogP contribution in [0.25, 0.3) is 92.8 Å². The molecule has 1 aliphatic carbocycles. The summed E-state index contributed by atoms with van der Waals surface area (Å²) in [6.45, 7) is 2.34. The van der Waals surface area contributed by atoms with E-state index >= 15 is 0 Å². The minimum atomic E-state index is 0.376. The van der Waals surface area contributed by atoms with Gasteiger partial charge in [0.2, 0.25) is 0 Å². The molecule has 0 bridgehead atoms. The fourth-order valence-electron chi connectivity index (χ4n) is 10.3. The largest absolute Gasteiger partial charge is 0.310 e. The summed E-state index contributed by atoms with van der Waals surface area (Å²) in [5.41, 5.74) is 13.3. The van der Waals surface area contributed by atoms with Crippen LogP contribution in [0.4, 0.5) is 11.4 Å². The van der Waals surface area contributed by atoms with Gasteiger partial charge in [0.15, 0.2) is 0 Å². The number of benzene rings is 11. The Morgan fingerprint density at radius 2 is 0.875 bits per heavy atom. The van der Waals surface area contributed by atoms with E-state index in [4.69, 9.17) is 0 Å². The zero-order valence-electron chi connectivity index (χ0n) is 35.7. The van der Waals surface area contributed by atoms with E-state index < -0.39 is 0 Å². The molecule has 12 rings (SSSR count). The molecule has 0 radical (unpaired) electrons. The van der Waals surface area contributed by atoms with E-state index in [0.717, 1.165) is 17.8 Å². The Balaban J connectivity index is 1.04. The van der Waals surface area contributed by atoms with Crippen molar-refractivity contribution in [2.45, 2.75) is 13.3 Å². The molecule has 0 N–H and O–H groups in total. The van der Waals surface area contributed by atoms with Gasteiger partial charge in [0, 0.05) is 22.6 Å². The Morgan fingerprint density at radius 3 is 1.56 bits per heavy atom.